The molecular weight excluding hydrogens is 322 g/mol. The predicted octanol–water partition coefficient (Wildman–Crippen LogP) is 1.39. The molecule has 134 valence electrons. The maximum atomic E-state index is 11.7. The summed E-state index contributed by atoms with van der Waals surface area (Å²) >= 11 is 0. The molecule has 0 aliphatic rings. The number of esters is 2. The summed E-state index contributed by atoms with van der Waals surface area (Å²) in [5.74, 6) is -1.27. The first-order valence-corrected chi connectivity index (χ1v) is 9.09. The highest BCUT2D eigenvalue weighted by Gasteiger charge is 2.20. The summed E-state index contributed by atoms with van der Waals surface area (Å²) in [4.78, 5) is 22.5. The summed E-state index contributed by atoms with van der Waals surface area (Å²) < 4.78 is 35.6. The fourth-order valence-corrected chi connectivity index (χ4v) is 3.25. The van der Waals surface area contributed by atoms with Crippen LogP contribution in [0.2, 0.25) is 0 Å². The van der Waals surface area contributed by atoms with Crippen molar-refractivity contribution in [2.24, 2.45) is 5.41 Å². The van der Waals surface area contributed by atoms with Crippen LogP contribution in [0.15, 0.2) is 12.2 Å². The van der Waals surface area contributed by atoms with E-state index in [1.165, 1.54) is 0 Å². The molecule has 7 nitrogen and oxygen atoms in total. The van der Waals surface area contributed by atoms with Crippen molar-refractivity contribution in [1.29, 1.82) is 0 Å². The van der Waals surface area contributed by atoms with Crippen LogP contribution in [-0.4, -0.2) is 45.4 Å². The van der Waals surface area contributed by atoms with Crippen molar-refractivity contribution >= 4 is 22.0 Å². The van der Waals surface area contributed by atoms with E-state index in [9.17, 15) is 18.0 Å². The topological polar surface area (TPSA) is 98.8 Å². The second-order valence-corrected chi connectivity index (χ2v) is 8.36. The molecule has 0 unspecified atom stereocenters. The van der Waals surface area contributed by atoms with Crippen molar-refractivity contribution in [2.75, 3.05) is 18.9 Å². The number of rotatable bonds is 9. The maximum Gasteiger partial charge on any atom is 0.331 e. The highest BCUT2D eigenvalue weighted by molar-refractivity contribution is 7.89. The third-order valence-electron chi connectivity index (χ3n) is 2.22. The van der Waals surface area contributed by atoms with E-state index in [1.54, 1.807) is 13.8 Å². The Balaban J connectivity index is 3.94. The molecule has 0 saturated carbocycles. The number of carbonyl (C=O) groups excluding carboxylic acids is 2. The maximum absolute atomic E-state index is 11.7. The van der Waals surface area contributed by atoms with E-state index in [0.717, 1.165) is 12.2 Å². The van der Waals surface area contributed by atoms with Gasteiger partial charge in [-0.3, -0.25) is 0 Å². The molecule has 0 rings (SSSR count). The molecule has 0 fully saturated rings. The number of sulfonamides is 1. The summed E-state index contributed by atoms with van der Waals surface area (Å²) in [6.07, 6.45) is 2.06. The Morgan fingerprint density at radius 2 is 1.70 bits per heavy atom. The van der Waals surface area contributed by atoms with Gasteiger partial charge in [-0.05, 0) is 25.7 Å². The van der Waals surface area contributed by atoms with E-state index in [1.807, 2.05) is 20.8 Å². The van der Waals surface area contributed by atoms with Gasteiger partial charge in [0.1, 0.15) is 0 Å². The van der Waals surface area contributed by atoms with Crippen LogP contribution in [0.25, 0.3) is 0 Å². The normalized spacial score (nSPS) is 12.6. The molecule has 23 heavy (non-hydrogen) atoms. The summed E-state index contributed by atoms with van der Waals surface area (Å²) in [5.41, 5.74) is -0.326. The molecule has 0 atom stereocenters. The Morgan fingerprint density at radius 3 is 2.22 bits per heavy atom. The smallest absolute Gasteiger partial charge is 0.331 e. The van der Waals surface area contributed by atoms with E-state index >= 15 is 0 Å². The van der Waals surface area contributed by atoms with Crippen molar-refractivity contribution in [3.05, 3.63) is 12.2 Å². The molecule has 0 saturated heterocycles. The number of carbonyl (C=O) groups is 2. The van der Waals surface area contributed by atoms with Gasteiger partial charge in [0.15, 0.2) is 0 Å². The van der Waals surface area contributed by atoms with E-state index in [-0.39, 0.29) is 30.4 Å². The fraction of sp³-hybridized carbons (Fsp3) is 0.733. The van der Waals surface area contributed by atoms with Gasteiger partial charge in [-0.2, -0.15) is 0 Å². The van der Waals surface area contributed by atoms with Crippen LogP contribution in [-0.2, 0) is 29.1 Å². The number of hydrogen-bond donors (Lipinski definition) is 1. The van der Waals surface area contributed by atoms with Gasteiger partial charge >= 0.3 is 11.9 Å². The number of hydrogen-bond acceptors (Lipinski definition) is 6. The quantitative estimate of drug-likeness (QED) is 0.384. The van der Waals surface area contributed by atoms with Gasteiger partial charge < -0.3 is 9.47 Å². The predicted molar refractivity (Wildman–Crippen MR) is 87.2 cm³/mol. The van der Waals surface area contributed by atoms with Crippen molar-refractivity contribution in [2.45, 2.75) is 47.1 Å². The third-order valence-corrected chi connectivity index (χ3v) is 4.11. The molecule has 0 radical (unpaired) electrons. The Hall–Kier alpha value is -1.41. The Labute approximate surface area is 138 Å². The molecule has 0 aliphatic heterocycles. The largest absolute Gasteiger partial charge is 0.462 e. The molecule has 0 bridgehead atoms. The van der Waals surface area contributed by atoms with Crippen molar-refractivity contribution in [3.63, 3.8) is 0 Å². The van der Waals surface area contributed by atoms with Gasteiger partial charge in [-0.1, -0.05) is 20.8 Å². The van der Waals surface area contributed by atoms with Gasteiger partial charge in [0, 0.05) is 18.7 Å². The van der Waals surface area contributed by atoms with Gasteiger partial charge in [0.05, 0.1) is 18.5 Å². The zero-order valence-electron chi connectivity index (χ0n) is 14.4. The van der Waals surface area contributed by atoms with Gasteiger partial charge in [-0.15, -0.1) is 0 Å². The van der Waals surface area contributed by atoms with Crippen LogP contribution in [0.1, 0.15) is 41.0 Å². The third kappa shape index (κ3) is 13.9. The van der Waals surface area contributed by atoms with Crippen molar-refractivity contribution < 1.29 is 27.5 Å². The molecule has 0 aromatic heterocycles. The molecule has 1 N–H and O–H groups in total. The van der Waals surface area contributed by atoms with Crippen LogP contribution < -0.4 is 4.72 Å². The molecular formula is C15H27NO6S. The lowest BCUT2D eigenvalue weighted by Gasteiger charge is -2.18. The monoisotopic (exact) mass is 349 g/mol. The summed E-state index contributed by atoms with van der Waals surface area (Å²) in [7, 11) is -3.34. The first-order chi connectivity index (χ1) is 10.4. The van der Waals surface area contributed by atoms with Crippen molar-refractivity contribution in [1.82, 2.24) is 4.72 Å². The molecule has 0 heterocycles. The van der Waals surface area contributed by atoms with Crippen LogP contribution in [0.5, 0.6) is 0 Å². The van der Waals surface area contributed by atoms with E-state index in [0.29, 0.717) is 6.42 Å². The van der Waals surface area contributed by atoms with Crippen LogP contribution >= 0.6 is 0 Å². The Bertz CT molecular complexity index is 517. The van der Waals surface area contributed by atoms with Gasteiger partial charge in [-0.25, -0.2) is 22.7 Å². The lowest BCUT2D eigenvalue weighted by molar-refractivity contribution is -0.142. The van der Waals surface area contributed by atoms with Gasteiger partial charge in [0.25, 0.3) is 0 Å². The highest BCUT2D eigenvalue weighted by Crippen LogP contribution is 2.15. The molecule has 0 aromatic carbocycles. The Morgan fingerprint density at radius 1 is 1.13 bits per heavy atom. The average molecular weight is 349 g/mol. The van der Waals surface area contributed by atoms with Crippen LogP contribution in [0.4, 0.5) is 0 Å². The fourth-order valence-electron chi connectivity index (χ4n) is 1.55. The number of nitrogens with one attached hydrogen (secondary N) is 1. The van der Waals surface area contributed by atoms with Gasteiger partial charge in [0.2, 0.25) is 10.0 Å². The lowest BCUT2D eigenvalue weighted by Crippen LogP contribution is -2.33. The standard InChI is InChI=1S/C15H27NO6S/c1-12(2)22-14(18)8-7-13(17)21-10-6-9-16-23(19,20)11-15(3,4)5/h7-8,12,16H,6,9-11H2,1-5H3/b8-7+. The molecule has 0 spiro atoms. The Kier molecular flexibility index (Phi) is 9.07. The zero-order valence-corrected chi connectivity index (χ0v) is 15.2. The van der Waals surface area contributed by atoms with E-state index in [4.69, 9.17) is 9.47 Å². The zero-order chi connectivity index (χ0) is 18.1. The number of ether oxygens (including phenoxy) is 2. The van der Waals surface area contributed by atoms with Crippen LogP contribution in [0, 0.1) is 5.41 Å². The lowest BCUT2D eigenvalue weighted by atomic mass is 10.0. The summed E-state index contributed by atoms with van der Waals surface area (Å²) in [6.45, 7) is 9.15. The highest BCUT2D eigenvalue weighted by atomic mass is 32.2. The molecule has 8 heteroatoms. The SMILES string of the molecule is CC(C)OC(=O)/C=C/C(=O)OCCCNS(=O)(=O)CC(C)(C)C. The van der Waals surface area contributed by atoms with E-state index < -0.39 is 22.0 Å². The molecule has 0 aliphatic carbocycles. The first-order valence-electron chi connectivity index (χ1n) is 7.44. The minimum Gasteiger partial charge on any atom is -0.462 e. The molecule has 0 aromatic rings. The minimum atomic E-state index is -3.34. The van der Waals surface area contributed by atoms with Crippen molar-refractivity contribution in [3.8, 4) is 0 Å². The molecule has 0 amide bonds. The summed E-state index contributed by atoms with van der Waals surface area (Å²) in [5, 5.41) is 0. The minimum absolute atomic E-state index is 0.0283. The second kappa shape index (κ2) is 9.67. The van der Waals surface area contributed by atoms with Crippen LogP contribution in [0.3, 0.4) is 0 Å². The average Bonchev–Trinajstić information content (AvgIpc) is 2.32. The van der Waals surface area contributed by atoms with E-state index in [2.05, 4.69) is 4.72 Å². The summed E-state index contributed by atoms with van der Waals surface area (Å²) in [6, 6.07) is 0. The first kappa shape index (κ1) is 21.6. The second-order valence-electron chi connectivity index (χ2n) is 6.55.